The predicted molar refractivity (Wildman–Crippen MR) is 116 cm³/mol. The third kappa shape index (κ3) is 4.12. The van der Waals surface area contributed by atoms with Crippen molar-refractivity contribution in [1.82, 2.24) is 14.8 Å². The molecule has 2 aromatic heterocycles. The highest BCUT2D eigenvalue weighted by atomic mass is 16.5. The maximum absolute atomic E-state index is 11.2. The van der Waals surface area contributed by atoms with Gasteiger partial charge in [-0.1, -0.05) is 18.2 Å². The van der Waals surface area contributed by atoms with Crippen molar-refractivity contribution in [2.24, 2.45) is 0 Å². The van der Waals surface area contributed by atoms with Crippen LogP contribution in [0.3, 0.4) is 0 Å². The summed E-state index contributed by atoms with van der Waals surface area (Å²) in [6, 6.07) is 20.5. The summed E-state index contributed by atoms with van der Waals surface area (Å²) in [5, 5.41) is 14.0. The van der Waals surface area contributed by atoms with Gasteiger partial charge in [0.1, 0.15) is 5.75 Å². The molecule has 4 aromatic rings. The van der Waals surface area contributed by atoms with Gasteiger partial charge in [0.25, 0.3) is 0 Å². The van der Waals surface area contributed by atoms with Gasteiger partial charge in [-0.3, -0.25) is 4.98 Å². The highest BCUT2D eigenvalue weighted by Crippen LogP contribution is 2.27. The molecular weight excluding hydrogens is 378 g/mol. The second kappa shape index (κ2) is 8.45. The van der Waals surface area contributed by atoms with E-state index in [4.69, 9.17) is 9.84 Å². The third-order valence-corrected chi connectivity index (χ3v) is 4.59. The molecule has 0 aliphatic heterocycles. The molecule has 0 bridgehead atoms. The molecule has 4 rings (SSSR count). The molecule has 0 aliphatic carbocycles. The number of ether oxygens (including phenoxy) is 1. The number of benzene rings is 2. The predicted octanol–water partition coefficient (Wildman–Crippen LogP) is 4.81. The minimum Gasteiger partial charge on any atom is -0.497 e. The van der Waals surface area contributed by atoms with Crippen LogP contribution in [0.15, 0.2) is 79.1 Å². The first-order valence-corrected chi connectivity index (χ1v) is 9.31. The van der Waals surface area contributed by atoms with E-state index >= 15 is 0 Å². The fourth-order valence-corrected chi connectivity index (χ4v) is 3.04. The molecule has 1 N–H and O–H groups in total. The van der Waals surface area contributed by atoms with Gasteiger partial charge < -0.3 is 9.84 Å². The van der Waals surface area contributed by atoms with Crippen LogP contribution in [0.1, 0.15) is 21.6 Å². The van der Waals surface area contributed by atoms with Gasteiger partial charge in [0.2, 0.25) is 0 Å². The average Bonchev–Trinajstić information content (AvgIpc) is 3.23. The Hall–Kier alpha value is -4.19. The minimum atomic E-state index is -0.983. The molecule has 30 heavy (non-hydrogen) atoms. The number of carboxylic acid groups (broad SMARTS) is 1. The molecule has 0 saturated heterocycles. The van der Waals surface area contributed by atoms with Gasteiger partial charge in [-0.15, -0.1) is 0 Å². The SMILES string of the molecule is COc1ccc(-c2nn(-c3ccccc3)cc2C=Cc2cc(C(=O)O)ccn2)cc1. The number of nitrogens with zero attached hydrogens (tertiary/aromatic N) is 3. The lowest BCUT2D eigenvalue weighted by Crippen LogP contribution is -1.96. The zero-order valence-corrected chi connectivity index (χ0v) is 16.3. The number of aromatic nitrogens is 3. The van der Waals surface area contributed by atoms with Crippen molar-refractivity contribution in [3.63, 3.8) is 0 Å². The van der Waals surface area contributed by atoms with Gasteiger partial charge in [-0.2, -0.15) is 5.10 Å². The highest BCUT2D eigenvalue weighted by Gasteiger charge is 2.11. The summed E-state index contributed by atoms with van der Waals surface area (Å²) in [6.07, 6.45) is 7.10. The average molecular weight is 397 g/mol. The van der Waals surface area contributed by atoms with Crippen LogP contribution in [-0.4, -0.2) is 33.0 Å². The number of carboxylic acids is 1. The number of hydrogen-bond acceptors (Lipinski definition) is 4. The summed E-state index contributed by atoms with van der Waals surface area (Å²) >= 11 is 0. The Bertz CT molecular complexity index is 1200. The van der Waals surface area contributed by atoms with Gasteiger partial charge in [-0.25, -0.2) is 9.48 Å². The van der Waals surface area contributed by atoms with E-state index in [1.165, 1.54) is 18.3 Å². The molecule has 2 aromatic carbocycles. The molecule has 0 saturated carbocycles. The topological polar surface area (TPSA) is 77.2 Å². The van der Waals surface area contributed by atoms with Crippen LogP contribution in [-0.2, 0) is 0 Å². The summed E-state index contributed by atoms with van der Waals surface area (Å²) < 4.78 is 7.07. The van der Waals surface area contributed by atoms with Crippen LogP contribution in [0.25, 0.3) is 29.1 Å². The lowest BCUT2D eigenvalue weighted by molar-refractivity contribution is 0.0696. The number of aromatic carboxylic acids is 1. The minimum absolute atomic E-state index is 0.194. The molecule has 0 fully saturated rings. The van der Waals surface area contributed by atoms with Gasteiger partial charge in [0, 0.05) is 23.5 Å². The number of hydrogen-bond donors (Lipinski definition) is 1. The summed E-state index contributed by atoms with van der Waals surface area (Å²) in [6.45, 7) is 0. The summed E-state index contributed by atoms with van der Waals surface area (Å²) in [5.41, 5.74) is 4.32. The number of para-hydroxylation sites is 1. The molecular formula is C24H19N3O3. The van der Waals surface area contributed by atoms with E-state index in [1.54, 1.807) is 13.2 Å². The van der Waals surface area contributed by atoms with E-state index in [0.717, 1.165) is 28.3 Å². The van der Waals surface area contributed by atoms with Crippen LogP contribution >= 0.6 is 0 Å². The van der Waals surface area contributed by atoms with Crippen LogP contribution in [0, 0.1) is 0 Å². The highest BCUT2D eigenvalue weighted by molar-refractivity contribution is 5.88. The van der Waals surface area contributed by atoms with Crippen molar-refractivity contribution < 1.29 is 14.6 Å². The maximum atomic E-state index is 11.2. The standard InChI is InChI=1S/C24H19N3O3/c1-30-22-11-8-17(9-12-22)23-19(16-27(26-23)21-5-3-2-4-6-21)7-10-20-15-18(24(28)29)13-14-25-20/h2-16H,1H3,(H,28,29). The van der Waals surface area contributed by atoms with E-state index in [0.29, 0.717) is 5.69 Å². The lowest BCUT2D eigenvalue weighted by atomic mass is 10.1. The van der Waals surface area contributed by atoms with Gasteiger partial charge in [0.15, 0.2) is 0 Å². The summed E-state index contributed by atoms with van der Waals surface area (Å²) in [4.78, 5) is 15.4. The van der Waals surface area contributed by atoms with Gasteiger partial charge in [-0.05, 0) is 60.7 Å². The largest absolute Gasteiger partial charge is 0.497 e. The van der Waals surface area contributed by atoms with E-state index in [2.05, 4.69) is 4.98 Å². The zero-order chi connectivity index (χ0) is 20.9. The molecule has 148 valence electrons. The first-order chi connectivity index (χ1) is 14.6. The summed E-state index contributed by atoms with van der Waals surface area (Å²) in [5.74, 6) is -0.212. The normalized spacial score (nSPS) is 11.0. The van der Waals surface area contributed by atoms with Crippen LogP contribution < -0.4 is 4.74 Å². The second-order valence-electron chi connectivity index (χ2n) is 6.55. The fourth-order valence-electron chi connectivity index (χ4n) is 3.04. The van der Waals surface area contributed by atoms with E-state index < -0.39 is 5.97 Å². The van der Waals surface area contributed by atoms with Crippen LogP contribution in [0.5, 0.6) is 5.75 Å². The lowest BCUT2D eigenvalue weighted by Gasteiger charge is -2.02. The van der Waals surface area contributed by atoms with E-state index in [1.807, 2.05) is 71.6 Å². The van der Waals surface area contributed by atoms with Crippen molar-refractivity contribution in [1.29, 1.82) is 0 Å². The molecule has 0 unspecified atom stereocenters. The number of carbonyl (C=O) groups is 1. The fraction of sp³-hybridized carbons (Fsp3) is 0.0417. The smallest absolute Gasteiger partial charge is 0.335 e. The van der Waals surface area contributed by atoms with Crippen molar-refractivity contribution in [2.45, 2.75) is 0 Å². The molecule has 0 amide bonds. The number of rotatable bonds is 6. The van der Waals surface area contributed by atoms with Crippen LogP contribution in [0.2, 0.25) is 0 Å². The Labute approximate surface area is 173 Å². The molecule has 0 spiro atoms. The Morgan fingerprint density at radius 1 is 1.03 bits per heavy atom. The van der Waals surface area contributed by atoms with E-state index in [-0.39, 0.29) is 5.56 Å². The first kappa shape index (κ1) is 19.1. The van der Waals surface area contributed by atoms with Crippen molar-refractivity contribution >= 4 is 18.1 Å². The Kier molecular flexibility index (Phi) is 5.39. The quantitative estimate of drug-likeness (QED) is 0.505. The van der Waals surface area contributed by atoms with Crippen molar-refractivity contribution in [3.8, 4) is 22.7 Å². The number of methoxy groups -OCH3 is 1. The second-order valence-corrected chi connectivity index (χ2v) is 6.55. The third-order valence-electron chi connectivity index (χ3n) is 4.59. The maximum Gasteiger partial charge on any atom is 0.335 e. The molecule has 6 nitrogen and oxygen atoms in total. The summed E-state index contributed by atoms with van der Waals surface area (Å²) in [7, 11) is 1.63. The van der Waals surface area contributed by atoms with Crippen LogP contribution in [0.4, 0.5) is 0 Å². The molecule has 0 aliphatic rings. The van der Waals surface area contributed by atoms with Gasteiger partial charge in [0.05, 0.1) is 29.7 Å². The molecule has 0 radical (unpaired) electrons. The molecule has 2 heterocycles. The monoisotopic (exact) mass is 397 g/mol. The Balaban J connectivity index is 1.76. The van der Waals surface area contributed by atoms with Crippen molar-refractivity contribution in [3.05, 3.63) is 95.9 Å². The zero-order valence-electron chi connectivity index (χ0n) is 16.3. The first-order valence-electron chi connectivity index (χ1n) is 9.31. The van der Waals surface area contributed by atoms with E-state index in [9.17, 15) is 9.90 Å². The number of pyridine rings is 1. The van der Waals surface area contributed by atoms with Gasteiger partial charge >= 0.3 is 5.97 Å². The van der Waals surface area contributed by atoms with Crippen molar-refractivity contribution in [2.75, 3.05) is 7.11 Å². The Morgan fingerprint density at radius 3 is 2.50 bits per heavy atom. The Morgan fingerprint density at radius 2 is 1.80 bits per heavy atom. The molecule has 0 atom stereocenters. The molecule has 6 heteroatoms.